The van der Waals surface area contributed by atoms with Crippen LogP contribution in [0.25, 0.3) is 0 Å². The molecular formula is C56H87B4F3O11S. The fourth-order valence-electron chi connectivity index (χ4n) is 4.20. The summed E-state index contributed by atoms with van der Waals surface area (Å²) in [6, 6.07) is 29.5. The zero-order valence-corrected chi connectivity index (χ0v) is 49.2. The van der Waals surface area contributed by atoms with Crippen LogP contribution in [0.2, 0.25) is 0 Å². The Kier molecular flexibility index (Phi) is 28.5. The van der Waals surface area contributed by atoms with Crippen molar-refractivity contribution in [2.75, 3.05) is 0 Å². The highest BCUT2D eigenvalue weighted by Gasteiger charge is 2.48. The summed E-state index contributed by atoms with van der Waals surface area (Å²) < 4.78 is 63.1. The van der Waals surface area contributed by atoms with E-state index in [2.05, 4.69) is 57.8 Å². The summed E-state index contributed by atoms with van der Waals surface area (Å²) in [7, 11) is 13.8. The molecule has 0 saturated heterocycles. The first-order valence-electron chi connectivity index (χ1n) is 24.0. The van der Waals surface area contributed by atoms with Gasteiger partial charge in [0.1, 0.15) is 21.4 Å². The van der Waals surface area contributed by atoms with Gasteiger partial charge in [-0.05, 0) is 152 Å². The number of halogens is 3. The van der Waals surface area contributed by atoms with E-state index in [1.807, 2.05) is 69.3 Å². The minimum Gasteiger partial charge on any atom is -0.387 e. The molecule has 75 heavy (non-hydrogen) atoms. The van der Waals surface area contributed by atoms with Crippen LogP contribution in [0.5, 0.6) is 5.75 Å². The molecule has 416 valence electrons. The minimum atomic E-state index is -5.66. The first kappa shape index (κ1) is 75.6. The number of hydrogen-bond donors (Lipinski definition) is 8. The van der Waals surface area contributed by atoms with Crippen molar-refractivity contribution < 1.29 is 66.6 Å². The van der Waals surface area contributed by atoms with Gasteiger partial charge in [-0.1, -0.05) is 129 Å². The highest BCUT2D eigenvalue weighted by molar-refractivity contribution is 7.88. The second-order valence-corrected chi connectivity index (χ2v) is 24.9. The molecule has 0 aliphatic heterocycles. The molecule has 4 aromatic carbocycles. The number of aliphatic hydroxyl groups is 8. The number of alkyl halides is 3. The standard InChI is InChI=1S/C17H17F3O3S.C15H14B2.4C6H14O2.B2/c1-12-4-6-13(7-5-12)16(2,3)14-8-10-15(11-9-14)23-24(21,22)17(18,19)20;1-15(2,11-3-7-13(16)8-4-11)12-5-9-14(17)10-6-12;4*1-5(2,7)6(3,4)8;1-2/h4-11H,1-3H3;3-10H,1-2H3;4*7-8H,1-4H3;. The van der Waals surface area contributed by atoms with Crippen molar-refractivity contribution >= 4 is 52.2 Å². The Morgan fingerprint density at radius 3 is 0.707 bits per heavy atom. The summed E-state index contributed by atoms with van der Waals surface area (Å²) in [6.45, 7) is 35.5. The molecule has 0 saturated carbocycles. The Morgan fingerprint density at radius 1 is 0.360 bits per heavy atom. The smallest absolute Gasteiger partial charge is 0.387 e. The topological polar surface area (TPSA) is 205 Å². The van der Waals surface area contributed by atoms with Gasteiger partial charge in [0.25, 0.3) is 0 Å². The summed E-state index contributed by atoms with van der Waals surface area (Å²) in [4.78, 5) is 0. The third kappa shape index (κ3) is 27.0. The third-order valence-corrected chi connectivity index (χ3v) is 14.1. The molecule has 0 fully saturated rings. The zero-order valence-electron chi connectivity index (χ0n) is 48.4. The van der Waals surface area contributed by atoms with Crippen molar-refractivity contribution in [1.82, 2.24) is 0 Å². The summed E-state index contributed by atoms with van der Waals surface area (Å²) >= 11 is 0. The summed E-state index contributed by atoms with van der Waals surface area (Å²) in [5.41, 5.74) is -6.89. The predicted molar refractivity (Wildman–Crippen MR) is 303 cm³/mol. The van der Waals surface area contributed by atoms with Crippen LogP contribution in [0, 0.1) is 6.92 Å². The highest BCUT2D eigenvalue weighted by atomic mass is 32.2. The van der Waals surface area contributed by atoms with Crippen molar-refractivity contribution in [3.05, 3.63) is 125 Å². The van der Waals surface area contributed by atoms with Crippen LogP contribution in [-0.4, -0.2) is 131 Å². The van der Waals surface area contributed by atoms with E-state index < -0.39 is 65.8 Å². The van der Waals surface area contributed by atoms with Crippen LogP contribution < -0.4 is 15.1 Å². The Balaban J connectivity index is -0.000000887. The summed E-state index contributed by atoms with van der Waals surface area (Å²) in [5, 5.41) is 72.8. The number of aryl methyl sites for hydroxylation is 1. The Labute approximate surface area is 454 Å². The van der Waals surface area contributed by atoms with Gasteiger partial charge in [0, 0.05) is 26.3 Å². The zero-order chi connectivity index (χ0) is 60.6. The van der Waals surface area contributed by atoms with Gasteiger partial charge in [0.15, 0.2) is 0 Å². The molecule has 19 heteroatoms. The van der Waals surface area contributed by atoms with Crippen LogP contribution >= 0.6 is 0 Å². The quantitative estimate of drug-likeness (QED) is 0.0444. The van der Waals surface area contributed by atoms with E-state index in [0.29, 0.717) is 0 Å². The fourth-order valence-corrected chi connectivity index (χ4v) is 4.66. The molecular weight excluding hydrogens is 981 g/mol. The molecule has 0 aliphatic carbocycles. The van der Waals surface area contributed by atoms with E-state index in [1.54, 1.807) is 123 Å². The highest BCUT2D eigenvalue weighted by Crippen LogP contribution is 2.34. The fraction of sp³-hybridized carbons (Fsp3) is 0.571. The van der Waals surface area contributed by atoms with Gasteiger partial charge < -0.3 is 45.0 Å². The minimum absolute atomic E-state index is 0.0403. The maximum Gasteiger partial charge on any atom is 0.534 e. The van der Waals surface area contributed by atoms with Crippen molar-refractivity contribution in [3.63, 3.8) is 0 Å². The lowest BCUT2D eigenvalue weighted by Gasteiger charge is -2.31. The molecule has 11 nitrogen and oxygen atoms in total. The molecule has 8 N–H and O–H groups in total. The van der Waals surface area contributed by atoms with E-state index in [0.717, 1.165) is 27.6 Å². The lowest BCUT2D eigenvalue weighted by Crippen LogP contribution is -2.44. The van der Waals surface area contributed by atoms with Crippen molar-refractivity contribution in [2.45, 2.75) is 207 Å². The molecule has 0 unspecified atom stereocenters. The molecule has 0 atom stereocenters. The van der Waals surface area contributed by atoms with E-state index >= 15 is 0 Å². The number of benzene rings is 4. The van der Waals surface area contributed by atoms with Crippen molar-refractivity contribution in [3.8, 4) is 5.75 Å². The van der Waals surface area contributed by atoms with Gasteiger partial charge in [0.05, 0.1) is 44.8 Å². The first-order valence-corrected chi connectivity index (χ1v) is 25.4. The first-order chi connectivity index (χ1) is 32.9. The maximum atomic E-state index is 12.3. The van der Waals surface area contributed by atoms with Gasteiger partial charge in [-0.15, -0.1) is 0 Å². The van der Waals surface area contributed by atoms with Gasteiger partial charge >= 0.3 is 15.6 Å². The number of hydrogen-bond acceptors (Lipinski definition) is 11. The molecule has 0 aliphatic rings. The molecule has 8 radical (unpaired) electrons. The molecule has 4 rings (SSSR count). The van der Waals surface area contributed by atoms with E-state index in [4.69, 9.17) is 56.5 Å². The lowest BCUT2D eigenvalue weighted by atomic mass is 9.76. The van der Waals surface area contributed by atoms with Crippen molar-refractivity contribution in [1.29, 1.82) is 0 Å². The predicted octanol–water partition coefficient (Wildman–Crippen LogP) is 7.50. The Hall–Kier alpha value is -3.64. The molecule has 0 aromatic heterocycles. The Bertz CT molecular complexity index is 2150. The summed E-state index contributed by atoms with van der Waals surface area (Å²) in [6.07, 6.45) is 0. The summed E-state index contributed by atoms with van der Waals surface area (Å²) in [5.74, 6) is -0.379. The van der Waals surface area contributed by atoms with Gasteiger partial charge in [-0.25, -0.2) is 0 Å². The van der Waals surface area contributed by atoms with Crippen LogP contribution in [-0.2, 0) is 20.9 Å². The Morgan fingerprint density at radius 2 is 0.533 bits per heavy atom. The maximum absolute atomic E-state index is 12.3. The van der Waals surface area contributed by atoms with E-state index in [-0.39, 0.29) is 11.2 Å². The SMILES string of the molecule is CC(C)(O)C(C)(C)O.CC(C)(O)C(C)(C)O.CC(C)(O)C(C)(C)O.CC(C)(O)C(C)(C)O.Cc1ccc(C(C)(C)c2ccc(OS(=O)(=O)C(F)(F)F)cc2)cc1.[B][B].[B]c1ccc(C(C)(C)c2ccc([B])cc2)cc1. The molecule has 4 aromatic rings. The van der Waals surface area contributed by atoms with Gasteiger partial charge in [-0.3, -0.25) is 0 Å². The molecule has 0 bridgehead atoms. The second kappa shape index (κ2) is 28.3. The van der Waals surface area contributed by atoms with Crippen LogP contribution in [0.15, 0.2) is 97.1 Å². The van der Waals surface area contributed by atoms with Crippen molar-refractivity contribution in [2.24, 2.45) is 0 Å². The molecule has 0 heterocycles. The van der Waals surface area contributed by atoms with E-state index in [1.165, 1.54) is 23.3 Å². The van der Waals surface area contributed by atoms with Crippen LogP contribution in [0.1, 0.15) is 166 Å². The normalized spacial score (nSPS) is 12.9. The van der Waals surface area contributed by atoms with Crippen LogP contribution in [0.4, 0.5) is 13.2 Å². The van der Waals surface area contributed by atoms with Gasteiger partial charge in [-0.2, -0.15) is 21.6 Å². The van der Waals surface area contributed by atoms with E-state index in [9.17, 15) is 21.6 Å². The molecule has 0 amide bonds. The number of rotatable bonds is 10. The monoisotopic (exact) mass is 1070 g/mol. The third-order valence-electron chi connectivity index (χ3n) is 13.1. The van der Waals surface area contributed by atoms with Crippen LogP contribution in [0.3, 0.4) is 0 Å². The second-order valence-electron chi connectivity index (χ2n) is 23.3. The average molecular weight is 1070 g/mol. The average Bonchev–Trinajstić information content (AvgIpc) is 3.20. The lowest BCUT2D eigenvalue weighted by molar-refractivity contribution is -0.107. The molecule has 0 spiro atoms. The van der Waals surface area contributed by atoms with Gasteiger partial charge in [0.2, 0.25) is 0 Å². The largest absolute Gasteiger partial charge is 0.534 e.